The topological polar surface area (TPSA) is 56.8 Å². The molecule has 140 valence electrons. The van der Waals surface area contributed by atoms with Crippen molar-refractivity contribution < 1.29 is 23.4 Å². The lowest BCUT2D eigenvalue weighted by Gasteiger charge is -2.18. The quantitative estimate of drug-likeness (QED) is 0.729. The standard InChI is InChI=1S/C20H24FNO4/c1-13-5-7-16(21)12-17(13)20(23)22-14(2)15-6-8-18(19(11-15)25-4)26-10-9-24-3/h5-8,11-12,14H,9-10H2,1-4H3,(H,22,23). The SMILES string of the molecule is COCCOc1ccc(C(C)NC(=O)c2cc(F)ccc2C)cc1OC. The molecule has 1 atom stereocenters. The van der Waals surface area contributed by atoms with Crippen molar-refractivity contribution in [2.45, 2.75) is 19.9 Å². The van der Waals surface area contributed by atoms with Gasteiger partial charge in [0.1, 0.15) is 12.4 Å². The first-order valence-corrected chi connectivity index (χ1v) is 8.33. The molecule has 0 radical (unpaired) electrons. The minimum absolute atomic E-state index is 0.285. The predicted molar refractivity (Wildman–Crippen MR) is 97.4 cm³/mol. The van der Waals surface area contributed by atoms with Crippen LogP contribution in [0, 0.1) is 12.7 Å². The summed E-state index contributed by atoms with van der Waals surface area (Å²) >= 11 is 0. The molecule has 0 aliphatic carbocycles. The van der Waals surface area contributed by atoms with Crippen LogP contribution in [0.2, 0.25) is 0 Å². The summed E-state index contributed by atoms with van der Waals surface area (Å²) in [5.41, 5.74) is 1.89. The number of nitrogens with one attached hydrogen (secondary N) is 1. The first-order valence-electron chi connectivity index (χ1n) is 8.33. The van der Waals surface area contributed by atoms with Crippen LogP contribution in [-0.4, -0.2) is 33.3 Å². The van der Waals surface area contributed by atoms with Gasteiger partial charge in [0.25, 0.3) is 5.91 Å². The van der Waals surface area contributed by atoms with Crippen molar-refractivity contribution in [3.63, 3.8) is 0 Å². The Hall–Kier alpha value is -2.60. The number of hydrogen-bond donors (Lipinski definition) is 1. The third-order valence-electron chi connectivity index (χ3n) is 4.02. The minimum atomic E-state index is -0.437. The molecule has 2 aromatic carbocycles. The van der Waals surface area contributed by atoms with E-state index >= 15 is 0 Å². The highest BCUT2D eigenvalue weighted by Crippen LogP contribution is 2.30. The molecule has 0 spiro atoms. The lowest BCUT2D eigenvalue weighted by Crippen LogP contribution is -2.27. The maximum absolute atomic E-state index is 13.4. The molecule has 6 heteroatoms. The van der Waals surface area contributed by atoms with Gasteiger partial charge in [-0.2, -0.15) is 0 Å². The second-order valence-corrected chi connectivity index (χ2v) is 5.91. The highest BCUT2D eigenvalue weighted by molar-refractivity contribution is 5.95. The molecule has 1 amide bonds. The number of rotatable bonds is 8. The number of halogens is 1. The van der Waals surface area contributed by atoms with Crippen molar-refractivity contribution in [1.82, 2.24) is 5.32 Å². The summed E-state index contributed by atoms with van der Waals surface area (Å²) in [6.45, 7) is 4.52. The van der Waals surface area contributed by atoms with Gasteiger partial charge in [-0.15, -0.1) is 0 Å². The third-order valence-corrected chi connectivity index (χ3v) is 4.02. The van der Waals surface area contributed by atoms with Crippen LogP contribution in [0.15, 0.2) is 36.4 Å². The van der Waals surface area contributed by atoms with E-state index in [-0.39, 0.29) is 11.9 Å². The molecule has 0 aliphatic heterocycles. The summed E-state index contributed by atoms with van der Waals surface area (Å²) in [6.07, 6.45) is 0. The van der Waals surface area contributed by atoms with Gasteiger partial charge in [-0.3, -0.25) is 4.79 Å². The van der Waals surface area contributed by atoms with Gasteiger partial charge in [-0.25, -0.2) is 4.39 Å². The molecule has 2 rings (SSSR count). The van der Waals surface area contributed by atoms with E-state index in [1.807, 2.05) is 19.1 Å². The number of benzene rings is 2. The number of hydrogen-bond acceptors (Lipinski definition) is 4. The molecule has 0 bridgehead atoms. The van der Waals surface area contributed by atoms with Crippen LogP contribution in [0.1, 0.15) is 34.5 Å². The van der Waals surface area contributed by atoms with Crippen molar-refractivity contribution in [1.29, 1.82) is 0 Å². The molecule has 0 saturated heterocycles. The van der Waals surface area contributed by atoms with Crippen molar-refractivity contribution >= 4 is 5.91 Å². The normalized spacial score (nSPS) is 11.7. The van der Waals surface area contributed by atoms with Crippen LogP contribution in [0.4, 0.5) is 4.39 Å². The van der Waals surface area contributed by atoms with E-state index in [0.717, 1.165) is 11.1 Å². The van der Waals surface area contributed by atoms with Crippen LogP contribution in [0.5, 0.6) is 11.5 Å². The first-order chi connectivity index (χ1) is 12.5. The third kappa shape index (κ3) is 4.95. The van der Waals surface area contributed by atoms with Gasteiger partial charge in [-0.05, 0) is 49.2 Å². The number of carbonyl (C=O) groups is 1. The number of amides is 1. The van der Waals surface area contributed by atoms with E-state index in [0.29, 0.717) is 30.3 Å². The zero-order valence-electron chi connectivity index (χ0n) is 15.5. The average molecular weight is 361 g/mol. The molecule has 5 nitrogen and oxygen atoms in total. The fourth-order valence-corrected chi connectivity index (χ4v) is 2.50. The Balaban J connectivity index is 2.12. The number of carbonyl (C=O) groups excluding carboxylic acids is 1. The number of aryl methyl sites for hydroxylation is 1. The summed E-state index contributed by atoms with van der Waals surface area (Å²) in [5.74, 6) is 0.413. The van der Waals surface area contributed by atoms with E-state index in [1.165, 1.54) is 12.1 Å². The van der Waals surface area contributed by atoms with Crippen molar-refractivity contribution in [3.8, 4) is 11.5 Å². The van der Waals surface area contributed by atoms with Gasteiger partial charge >= 0.3 is 0 Å². The molecule has 0 saturated carbocycles. The van der Waals surface area contributed by atoms with Crippen LogP contribution in [0.3, 0.4) is 0 Å². The Morgan fingerprint density at radius 3 is 2.58 bits per heavy atom. The van der Waals surface area contributed by atoms with Crippen LogP contribution in [-0.2, 0) is 4.74 Å². The van der Waals surface area contributed by atoms with Gasteiger partial charge in [0.2, 0.25) is 0 Å². The molecular weight excluding hydrogens is 337 g/mol. The number of methoxy groups -OCH3 is 2. The Kier molecular flexibility index (Phi) is 6.97. The summed E-state index contributed by atoms with van der Waals surface area (Å²) in [6, 6.07) is 9.34. The maximum atomic E-state index is 13.4. The molecule has 0 heterocycles. The highest BCUT2D eigenvalue weighted by atomic mass is 19.1. The smallest absolute Gasteiger partial charge is 0.252 e. The van der Waals surface area contributed by atoms with Crippen LogP contribution >= 0.6 is 0 Å². The Bertz CT molecular complexity index is 763. The van der Waals surface area contributed by atoms with E-state index < -0.39 is 5.82 Å². The average Bonchev–Trinajstić information content (AvgIpc) is 2.63. The molecule has 2 aromatic rings. The number of ether oxygens (including phenoxy) is 3. The van der Waals surface area contributed by atoms with E-state index in [4.69, 9.17) is 14.2 Å². The van der Waals surface area contributed by atoms with E-state index in [1.54, 1.807) is 33.3 Å². The zero-order chi connectivity index (χ0) is 19.1. The lowest BCUT2D eigenvalue weighted by atomic mass is 10.0. The fourth-order valence-electron chi connectivity index (χ4n) is 2.50. The van der Waals surface area contributed by atoms with Gasteiger partial charge < -0.3 is 19.5 Å². The summed E-state index contributed by atoms with van der Waals surface area (Å²) in [7, 11) is 3.16. The second kappa shape index (κ2) is 9.20. The summed E-state index contributed by atoms with van der Waals surface area (Å²) in [4.78, 5) is 12.4. The highest BCUT2D eigenvalue weighted by Gasteiger charge is 2.16. The lowest BCUT2D eigenvalue weighted by molar-refractivity contribution is 0.0938. The Labute approximate surface area is 153 Å². The Morgan fingerprint density at radius 2 is 1.88 bits per heavy atom. The molecule has 0 fully saturated rings. The zero-order valence-corrected chi connectivity index (χ0v) is 15.5. The van der Waals surface area contributed by atoms with Gasteiger partial charge in [-0.1, -0.05) is 12.1 Å². The van der Waals surface area contributed by atoms with E-state index in [9.17, 15) is 9.18 Å². The second-order valence-electron chi connectivity index (χ2n) is 5.91. The van der Waals surface area contributed by atoms with Gasteiger partial charge in [0.15, 0.2) is 11.5 Å². The summed E-state index contributed by atoms with van der Waals surface area (Å²) in [5, 5.41) is 2.88. The van der Waals surface area contributed by atoms with Crippen molar-refractivity contribution in [2.75, 3.05) is 27.4 Å². The minimum Gasteiger partial charge on any atom is -0.493 e. The maximum Gasteiger partial charge on any atom is 0.252 e. The molecular formula is C20H24FNO4. The Morgan fingerprint density at radius 1 is 1.12 bits per heavy atom. The van der Waals surface area contributed by atoms with Crippen LogP contribution in [0.25, 0.3) is 0 Å². The molecule has 0 aliphatic rings. The summed E-state index contributed by atoms with van der Waals surface area (Å²) < 4.78 is 29.3. The molecule has 1 unspecified atom stereocenters. The fraction of sp³-hybridized carbons (Fsp3) is 0.350. The van der Waals surface area contributed by atoms with Crippen molar-refractivity contribution in [3.05, 3.63) is 58.9 Å². The van der Waals surface area contributed by atoms with Crippen LogP contribution < -0.4 is 14.8 Å². The molecule has 1 N–H and O–H groups in total. The molecule has 0 aromatic heterocycles. The first kappa shape index (κ1) is 19.7. The van der Waals surface area contributed by atoms with Crippen molar-refractivity contribution in [2.24, 2.45) is 0 Å². The van der Waals surface area contributed by atoms with Gasteiger partial charge in [0, 0.05) is 12.7 Å². The largest absolute Gasteiger partial charge is 0.493 e. The van der Waals surface area contributed by atoms with Gasteiger partial charge in [0.05, 0.1) is 19.8 Å². The molecule has 26 heavy (non-hydrogen) atoms. The van der Waals surface area contributed by atoms with E-state index in [2.05, 4.69) is 5.32 Å². The predicted octanol–water partition coefficient (Wildman–Crippen LogP) is 3.66. The monoisotopic (exact) mass is 361 g/mol.